The monoisotopic (exact) mass is 250 g/mol. The van der Waals surface area contributed by atoms with Gasteiger partial charge in [0.15, 0.2) is 0 Å². The van der Waals surface area contributed by atoms with Crippen LogP contribution in [0.25, 0.3) is 21.5 Å². The molecule has 2 nitrogen and oxygen atoms in total. The molecule has 0 aliphatic heterocycles. The van der Waals surface area contributed by atoms with Gasteiger partial charge < -0.3 is 5.11 Å². The third-order valence-corrected chi connectivity index (χ3v) is 3.49. The Morgan fingerprint density at radius 3 is 2.47 bits per heavy atom. The summed E-state index contributed by atoms with van der Waals surface area (Å²) in [7, 11) is 0. The summed E-state index contributed by atoms with van der Waals surface area (Å²) in [6.45, 7) is 2.10. The maximum atomic E-state index is 10.8. The number of aliphatic carboxylic acids is 1. The number of hydrogen-bond donors (Lipinski definition) is 1. The van der Waals surface area contributed by atoms with Crippen molar-refractivity contribution >= 4 is 27.5 Å². The van der Waals surface area contributed by atoms with E-state index in [2.05, 4.69) is 25.1 Å². The van der Waals surface area contributed by atoms with Crippen molar-refractivity contribution in [1.29, 1.82) is 0 Å². The van der Waals surface area contributed by atoms with Gasteiger partial charge in [0.25, 0.3) is 0 Å². The highest BCUT2D eigenvalue weighted by molar-refractivity contribution is 6.09. The van der Waals surface area contributed by atoms with Crippen molar-refractivity contribution in [2.45, 2.75) is 13.3 Å². The molecule has 0 saturated heterocycles. The first-order chi connectivity index (χ1) is 9.15. The molecular weight excluding hydrogens is 236 g/mol. The SMILES string of the molecule is Cc1cc2ccc(CC(=O)O)cc2c2ccccc12. The molecule has 0 fully saturated rings. The zero-order valence-electron chi connectivity index (χ0n) is 10.7. The fourth-order valence-electron chi connectivity index (χ4n) is 2.62. The normalized spacial score (nSPS) is 11.0. The molecule has 0 bridgehead atoms. The molecule has 19 heavy (non-hydrogen) atoms. The van der Waals surface area contributed by atoms with Crippen LogP contribution < -0.4 is 0 Å². The third kappa shape index (κ3) is 2.06. The standard InChI is InChI=1S/C17H14O2/c1-11-8-13-7-6-12(10-17(18)19)9-16(13)15-5-3-2-4-14(11)15/h2-9H,10H2,1H3,(H,18,19). The first-order valence-electron chi connectivity index (χ1n) is 6.28. The Bertz CT molecular complexity index is 788. The molecule has 3 aromatic rings. The molecule has 0 saturated carbocycles. The predicted molar refractivity (Wildman–Crippen MR) is 77.5 cm³/mol. The van der Waals surface area contributed by atoms with E-state index in [0.29, 0.717) is 0 Å². The van der Waals surface area contributed by atoms with E-state index in [-0.39, 0.29) is 6.42 Å². The summed E-state index contributed by atoms with van der Waals surface area (Å²) >= 11 is 0. The summed E-state index contributed by atoms with van der Waals surface area (Å²) in [5.74, 6) is -0.796. The van der Waals surface area contributed by atoms with Gasteiger partial charge >= 0.3 is 5.97 Å². The molecule has 0 radical (unpaired) electrons. The minimum absolute atomic E-state index is 0.0676. The second-order valence-electron chi connectivity index (χ2n) is 4.87. The number of carboxylic acid groups (broad SMARTS) is 1. The summed E-state index contributed by atoms with van der Waals surface area (Å²) in [6, 6.07) is 16.3. The Labute approximate surface area is 111 Å². The lowest BCUT2D eigenvalue weighted by Gasteiger charge is -2.08. The molecule has 0 atom stereocenters. The largest absolute Gasteiger partial charge is 0.481 e. The first-order valence-corrected chi connectivity index (χ1v) is 6.28. The van der Waals surface area contributed by atoms with Crippen LogP contribution in [0.2, 0.25) is 0 Å². The van der Waals surface area contributed by atoms with Gasteiger partial charge in [-0.05, 0) is 45.7 Å². The zero-order valence-corrected chi connectivity index (χ0v) is 10.7. The molecule has 1 N–H and O–H groups in total. The van der Waals surface area contributed by atoms with Crippen molar-refractivity contribution < 1.29 is 9.90 Å². The van der Waals surface area contributed by atoms with E-state index in [1.54, 1.807) is 0 Å². The van der Waals surface area contributed by atoms with E-state index in [9.17, 15) is 4.79 Å². The lowest BCUT2D eigenvalue weighted by molar-refractivity contribution is -0.136. The Morgan fingerprint density at radius 1 is 1.00 bits per heavy atom. The molecule has 0 unspecified atom stereocenters. The molecule has 0 heterocycles. The van der Waals surface area contributed by atoms with E-state index in [1.807, 2.05) is 30.3 Å². The highest BCUT2D eigenvalue weighted by atomic mass is 16.4. The molecule has 3 rings (SSSR count). The van der Waals surface area contributed by atoms with Gasteiger partial charge in [-0.25, -0.2) is 0 Å². The number of hydrogen-bond acceptors (Lipinski definition) is 1. The number of fused-ring (bicyclic) bond motifs is 3. The summed E-state index contributed by atoms with van der Waals surface area (Å²) in [5.41, 5.74) is 2.09. The lowest BCUT2D eigenvalue weighted by atomic mass is 9.96. The molecule has 0 amide bonds. The van der Waals surface area contributed by atoms with E-state index in [1.165, 1.54) is 16.3 Å². The minimum Gasteiger partial charge on any atom is -0.481 e. The van der Waals surface area contributed by atoms with Crippen LogP contribution in [0.5, 0.6) is 0 Å². The van der Waals surface area contributed by atoms with Gasteiger partial charge in [-0.2, -0.15) is 0 Å². The maximum Gasteiger partial charge on any atom is 0.307 e. The molecule has 0 spiro atoms. The molecule has 2 heteroatoms. The van der Waals surface area contributed by atoms with E-state index >= 15 is 0 Å². The van der Waals surface area contributed by atoms with E-state index in [4.69, 9.17) is 5.11 Å². The van der Waals surface area contributed by atoms with Crippen LogP contribution >= 0.6 is 0 Å². The summed E-state index contributed by atoms with van der Waals surface area (Å²) in [5, 5.41) is 13.6. The molecule has 0 aromatic heterocycles. The van der Waals surface area contributed by atoms with Crippen LogP contribution in [-0.4, -0.2) is 11.1 Å². The summed E-state index contributed by atoms with van der Waals surface area (Å²) < 4.78 is 0. The number of benzene rings is 3. The van der Waals surface area contributed by atoms with E-state index in [0.717, 1.165) is 16.3 Å². The van der Waals surface area contributed by atoms with Crippen molar-refractivity contribution in [3.63, 3.8) is 0 Å². The fraction of sp³-hybridized carbons (Fsp3) is 0.118. The van der Waals surface area contributed by atoms with Gasteiger partial charge in [0.1, 0.15) is 0 Å². The van der Waals surface area contributed by atoms with Crippen molar-refractivity contribution in [2.24, 2.45) is 0 Å². The Kier molecular flexibility index (Phi) is 2.71. The highest BCUT2D eigenvalue weighted by Gasteiger charge is 2.06. The Balaban J connectivity index is 2.34. The van der Waals surface area contributed by atoms with Gasteiger partial charge in [0, 0.05) is 0 Å². The lowest BCUT2D eigenvalue weighted by Crippen LogP contribution is -1.99. The maximum absolute atomic E-state index is 10.8. The van der Waals surface area contributed by atoms with Crippen molar-refractivity contribution in [2.75, 3.05) is 0 Å². The van der Waals surface area contributed by atoms with Gasteiger partial charge in [-0.1, -0.05) is 42.5 Å². The second kappa shape index (κ2) is 4.39. The number of rotatable bonds is 2. The minimum atomic E-state index is -0.796. The first kappa shape index (κ1) is 11.7. The fourth-order valence-corrected chi connectivity index (χ4v) is 2.62. The topological polar surface area (TPSA) is 37.3 Å². The average molecular weight is 250 g/mol. The average Bonchev–Trinajstić information content (AvgIpc) is 2.39. The number of carboxylic acids is 1. The molecule has 0 aliphatic rings. The number of carbonyl (C=O) groups is 1. The third-order valence-electron chi connectivity index (χ3n) is 3.49. The van der Waals surface area contributed by atoms with Gasteiger partial charge in [-0.15, -0.1) is 0 Å². The van der Waals surface area contributed by atoms with Crippen molar-refractivity contribution in [1.82, 2.24) is 0 Å². The summed E-state index contributed by atoms with van der Waals surface area (Å²) in [6.07, 6.45) is 0.0676. The molecular formula is C17H14O2. The van der Waals surface area contributed by atoms with Gasteiger partial charge in [-0.3, -0.25) is 4.79 Å². The van der Waals surface area contributed by atoms with Crippen LogP contribution in [0, 0.1) is 6.92 Å². The van der Waals surface area contributed by atoms with Crippen LogP contribution in [0.4, 0.5) is 0 Å². The Morgan fingerprint density at radius 2 is 1.74 bits per heavy atom. The molecule has 0 aliphatic carbocycles. The van der Waals surface area contributed by atoms with Crippen molar-refractivity contribution in [3.8, 4) is 0 Å². The number of aryl methyl sites for hydroxylation is 1. The van der Waals surface area contributed by atoms with Crippen LogP contribution in [0.1, 0.15) is 11.1 Å². The Hall–Kier alpha value is -2.35. The van der Waals surface area contributed by atoms with Gasteiger partial charge in [0.05, 0.1) is 6.42 Å². The van der Waals surface area contributed by atoms with Gasteiger partial charge in [0.2, 0.25) is 0 Å². The van der Waals surface area contributed by atoms with Crippen LogP contribution in [-0.2, 0) is 11.2 Å². The molecule has 3 aromatic carbocycles. The second-order valence-corrected chi connectivity index (χ2v) is 4.87. The van der Waals surface area contributed by atoms with Crippen molar-refractivity contribution in [3.05, 3.63) is 59.7 Å². The predicted octanol–water partition coefficient (Wildman–Crippen LogP) is 3.93. The smallest absolute Gasteiger partial charge is 0.307 e. The highest BCUT2D eigenvalue weighted by Crippen LogP contribution is 2.29. The zero-order chi connectivity index (χ0) is 13.4. The van der Waals surface area contributed by atoms with Crippen LogP contribution in [0.3, 0.4) is 0 Å². The molecule has 94 valence electrons. The van der Waals surface area contributed by atoms with E-state index < -0.39 is 5.97 Å². The quantitative estimate of drug-likeness (QED) is 0.700. The van der Waals surface area contributed by atoms with Crippen LogP contribution in [0.15, 0.2) is 48.5 Å². The summed E-state index contributed by atoms with van der Waals surface area (Å²) in [4.78, 5) is 10.8.